The van der Waals surface area contributed by atoms with Crippen molar-refractivity contribution in [2.75, 3.05) is 5.75 Å². The van der Waals surface area contributed by atoms with Gasteiger partial charge in [0.15, 0.2) is 0 Å². The van der Waals surface area contributed by atoms with Gasteiger partial charge >= 0.3 is 0 Å². The smallest absolute Gasteiger partial charge is 0.0663 e. The highest BCUT2D eigenvalue weighted by Crippen LogP contribution is 2.35. The molecule has 0 saturated carbocycles. The third-order valence-electron chi connectivity index (χ3n) is 3.37. The predicted molar refractivity (Wildman–Crippen MR) is 79.2 cm³/mol. The Balaban J connectivity index is 1.95. The second kappa shape index (κ2) is 5.03. The maximum Gasteiger partial charge on any atom is 0.0663 e. The number of nitrogens with two attached hydrogens (primary N) is 1. The second-order valence-electron chi connectivity index (χ2n) is 4.61. The summed E-state index contributed by atoms with van der Waals surface area (Å²) in [5.74, 6) is 2.39. The molecule has 1 aliphatic heterocycles. The molecule has 18 heavy (non-hydrogen) atoms. The van der Waals surface area contributed by atoms with Crippen molar-refractivity contribution in [3.05, 3.63) is 51.0 Å². The number of thioether (sulfide) groups is 1. The Morgan fingerprint density at radius 1 is 1.44 bits per heavy atom. The number of aryl methyl sites for hydroxylation is 2. The highest BCUT2D eigenvalue weighted by molar-refractivity contribution is 7.98. The van der Waals surface area contributed by atoms with Gasteiger partial charge in [0, 0.05) is 27.9 Å². The van der Waals surface area contributed by atoms with Crippen LogP contribution in [0.3, 0.4) is 0 Å². The Labute approximate surface area is 116 Å². The molecule has 4 heteroatoms. The van der Waals surface area contributed by atoms with Gasteiger partial charge in [-0.25, -0.2) is 0 Å². The van der Waals surface area contributed by atoms with E-state index in [0.717, 1.165) is 11.3 Å². The number of pyridine rings is 1. The van der Waals surface area contributed by atoms with Crippen LogP contribution in [0.15, 0.2) is 24.5 Å². The van der Waals surface area contributed by atoms with Crippen molar-refractivity contribution in [3.63, 3.8) is 0 Å². The van der Waals surface area contributed by atoms with E-state index < -0.39 is 0 Å². The zero-order chi connectivity index (χ0) is 12.5. The third-order valence-corrected chi connectivity index (χ3v) is 5.70. The molecule has 2 aromatic heterocycles. The molecule has 2 nitrogen and oxygen atoms in total. The predicted octanol–water partition coefficient (Wildman–Crippen LogP) is 3.29. The average molecular weight is 276 g/mol. The van der Waals surface area contributed by atoms with Gasteiger partial charge in [-0.1, -0.05) is 0 Å². The molecule has 1 atom stereocenters. The number of fused-ring (bicyclic) bond motifs is 1. The molecule has 3 heterocycles. The molecule has 0 radical (unpaired) electrons. The summed E-state index contributed by atoms with van der Waals surface area (Å²) in [6.45, 7) is 2.10. The Morgan fingerprint density at radius 2 is 2.33 bits per heavy atom. The van der Waals surface area contributed by atoms with Crippen LogP contribution in [0, 0.1) is 6.92 Å². The number of nitrogens with zero attached hydrogens (tertiary/aromatic N) is 1. The first-order valence-corrected chi connectivity index (χ1v) is 8.08. The molecule has 1 aliphatic rings. The molecule has 0 aliphatic carbocycles. The van der Waals surface area contributed by atoms with Gasteiger partial charge in [-0.15, -0.1) is 11.3 Å². The van der Waals surface area contributed by atoms with E-state index in [4.69, 9.17) is 5.73 Å². The van der Waals surface area contributed by atoms with E-state index in [1.54, 1.807) is 0 Å². The topological polar surface area (TPSA) is 38.9 Å². The number of hydrogen-bond acceptors (Lipinski definition) is 4. The molecule has 2 N–H and O–H groups in total. The van der Waals surface area contributed by atoms with Gasteiger partial charge in [0.1, 0.15) is 0 Å². The van der Waals surface area contributed by atoms with Crippen molar-refractivity contribution in [1.82, 2.24) is 4.98 Å². The molecule has 0 aromatic carbocycles. The number of aromatic nitrogens is 1. The zero-order valence-electron chi connectivity index (χ0n) is 10.3. The lowest BCUT2D eigenvalue weighted by Crippen LogP contribution is -2.12. The molecule has 3 rings (SSSR count). The summed E-state index contributed by atoms with van der Waals surface area (Å²) < 4.78 is 0. The summed E-state index contributed by atoms with van der Waals surface area (Å²) in [5, 5.41) is 0. The molecule has 2 aromatic rings. The van der Waals surface area contributed by atoms with Gasteiger partial charge in [0.25, 0.3) is 0 Å². The number of hydrogen-bond donors (Lipinski definition) is 1. The van der Waals surface area contributed by atoms with Crippen LogP contribution in [-0.2, 0) is 12.2 Å². The molecular formula is C14H16N2S2. The van der Waals surface area contributed by atoms with Crippen molar-refractivity contribution in [2.24, 2.45) is 5.73 Å². The Hall–Kier alpha value is -0.840. The monoisotopic (exact) mass is 276 g/mol. The first kappa shape index (κ1) is 12.2. The Kier molecular flexibility index (Phi) is 3.41. The van der Waals surface area contributed by atoms with Gasteiger partial charge < -0.3 is 5.73 Å². The maximum atomic E-state index is 6.39. The normalized spacial score (nSPS) is 16.3. The molecule has 0 saturated heterocycles. The minimum atomic E-state index is -0.0284. The summed E-state index contributed by atoms with van der Waals surface area (Å²) in [7, 11) is 0. The number of rotatable bonds is 2. The van der Waals surface area contributed by atoms with E-state index in [2.05, 4.69) is 18.0 Å². The molecule has 0 bridgehead atoms. The molecule has 94 valence electrons. The van der Waals surface area contributed by atoms with Crippen LogP contribution < -0.4 is 5.73 Å². The van der Waals surface area contributed by atoms with Crippen molar-refractivity contribution >= 4 is 23.1 Å². The lowest BCUT2D eigenvalue weighted by atomic mass is 10.0. The summed E-state index contributed by atoms with van der Waals surface area (Å²) in [6, 6.07) is 4.29. The van der Waals surface area contributed by atoms with E-state index >= 15 is 0 Å². The van der Waals surface area contributed by atoms with E-state index in [0.29, 0.717) is 0 Å². The fourth-order valence-electron chi connectivity index (χ4n) is 2.28. The summed E-state index contributed by atoms with van der Waals surface area (Å²) in [4.78, 5) is 7.00. The minimum absolute atomic E-state index is 0.0284. The molecule has 0 fully saturated rings. The SMILES string of the molecule is Cc1ccncc1C(N)c1cc2c(s1)CCSC2. The molecular weight excluding hydrogens is 260 g/mol. The van der Waals surface area contributed by atoms with Gasteiger partial charge in [-0.05, 0) is 47.9 Å². The van der Waals surface area contributed by atoms with Gasteiger partial charge in [0.05, 0.1) is 6.04 Å². The van der Waals surface area contributed by atoms with E-state index in [1.807, 2.05) is 41.6 Å². The van der Waals surface area contributed by atoms with E-state index in [9.17, 15) is 0 Å². The quantitative estimate of drug-likeness (QED) is 0.915. The molecule has 0 spiro atoms. The van der Waals surface area contributed by atoms with Crippen molar-refractivity contribution in [1.29, 1.82) is 0 Å². The highest BCUT2D eigenvalue weighted by atomic mass is 32.2. The second-order valence-corrected chi connectivity index (χ2v) is 6.88. The molecule has 1 unspecified atom stereocenters. The summed E-state index contributed by atoms with van der Waals surface area (Å²) >= 11 is 3.90. The Bertz CT molecular complexity index is 539. The summed E-state index contributed by atoms with van der Waals surface area (Å²) in [6.07, 6.45) is 4.92. The average Bonchev–Trinajstić information content (AvgIpc) is 2.82. The van der Waals surface area contributed by atoms with Crippen LogP contribution in [0.25, 0.3) is 0 Å². The van der Waals surface area contributed by atoms with Crippen LogP contribution in [0.2, 0.25) is 0 Å². The first-order chi connectivity index (χ1) is 8.75. The molecule has 0 amide bonds. The largest absolute Gasteiger partial charge is 0.320 e. The minimum Gasteiger partial charge on any atom is -0.320 e. The lowest BCUT2D eigenvalue weighted by Gasteiger charge is -2.12. The van der Waals surface area contributed by atoms with Gasteiger partial charge in [-0.3, -0.25) is 4.98 Å². The van der Waals surface area contributed by atoms with Crippen LogP contribution in [0.1, 0.15) is 32.5 Å². The van der Waals surface area contributed by atoms with E-state index in [1.165, 1.54) is 33.1 Å². The van der Waals surface area contributed by atoms with Gasteiger partial charge in [0.2, 0.25) is 0 Å². The maximum absolute atomic E-state index is 6.39. The third kappa shape index (κ3) is 2.20. The summed E-state index contributed by atoms with van der Waals surface area (Å²) in [5.41, 5.74) is 10.2. The zero-order valence-corrected chi connectivity index (χ0v) is 12.0. The lowest BCUT2D eigenvalue weighted by molar-refractivity contribution is 0.871. The van der Waals surface area contributed by atoms with Crippen LogP contribution in [-0.4, -0.2) is 10.7 Å². The standard InChI is InChI=1S/C14H16N2S2/c1-9-2-4-16-7-11(9)14(15)13-6-10-8-17-5-3-12(10)18-13/h2,4,6-7,14H,3,5,8,15H2,1H3. The first-order valence-electron chi connectivity index (χ1n) is 6.11. The highest BCUT2D eigenvalue weighted by Gasteiger charge is 2.19. The fourth-order valence-corrected chi connectivity index (χ4v) is 4.68. The number of thiophene rings is 1. The van der Waals surface area contributed by atoms with Crippen molar-refractivity contribution in [3.8, 4) is 0 Å². The van der Waals surface area contributed by atoms with E-state index in [-0.39, 0.29) is 6.04 Å². The van der Waals surface area contributed by atoms with Gasteiger partial charge in [-0.2, -0.15) is 11.8 Å². The van der Waals surface area contributed by atoms with Crippen LogP contribution in [0.5, 0.6) is 0 Å². The van der Waals surface area contributed by atoms with Crippen LogP contribution in [0.4, 0.5) is 0 Å². The van der Waals surface area contributed by atoms with Crippen molar-refractivity contribution < 1.29 is 0 Å². The van der Waals surface area contributed by atoms with Crippen LogP contribution >= 0.6 is 23.1 Å². The fraction of sp³-hybridized carbons (Fsp3) is 0.357. The Morgan fingerprint density at radius 3 is 3.11 bits per heavy atom. The van der Waals surface area contributed by atoms with Crippen molar-refractivity contribution in [2.45, 2.75) is 25.1 Å².